The van der Waals surface area contributed by atoms with E-state index in [1.807, 2.05) is 4.90 Å². The summed E-state index contributed by atoms with van der Waals surface area (Å²) in [6.45, 7) is 0.785. The molecule has 108 valence electrons. The minimum atomic E-state index is -4.38. The molecule has 0 saturated carbocycles. The Kier molecular flexibility index (Phi) is 2.88. The van der Waals surface area contributed by atoms with Gasteiger partial charge in [-0.2, -0.15) is 13.2 Å². The van der Waals surface area contributed by atoms with Gasteiger partial charge < -0.3 is 9.80 Å². The second-order valence-corrected chi connectivity index (χ2v) is 5.30. The molecule has 2 aliphatic heterocycles. The highest BCUT2D eigenvalue weighted by atomic mass is 19.4. The molecule has 20 heavy (non-hydrogen) atoms. The first-order chi connectivity index (χ1) is 9.36. The number of carbonyl (C=O) groups is 1. The van der Waals surface area contributed by atoms with E-state index in [0.29, 0.717) is 24.3 Å². The molecule has 0 bridgehead atoms. The van der Waals surface area contributed by atoms with E-state index >= 15 is 0 Å². The van der Waals surface area contributed by atoms with E-state index in [1.54, 1.807) is 11.9 Å². The summed E-state index contributed by atoms with van der Waals surface area (Å²) in [4.78, 5) is 19.2. The molecule has 1 amide bonds. The number of aromatic nitrogens is 1. The highest BCUT2D eigenvalue weighted by molar-refractivity contribution is 5.83. The maximum absolute atomic E-state index is 12.7. The summed E-state index contributed by atoms with van der Waals surface area (Å²) < 4.78 is 38.1. The molecular weight excluding hydrogens is 271 g/mol. The van der Waals surface area contributed by atoms with Gasteiger partial charge in [0.25, 0.3) is 0 Å². The Morgan fingerprint density at radius 1 is 1.40 bits per heavy atom. The molecule has 1 aromatic rings. The lowest BCUT2D eigenvalue weighted by Crippen LogP contribution is -2.56. The number of halogens is 3. The number of hydrogen-bond acceptors (Lipinski definition) is 3. The molecule has 4 nitrogen and oxygen atoms in total. The van der Waals surface area contributed by atoms with Crippen molar-refractivity contribution in [2.24, 2.45) is 0 Å². The molecule has 3 rings (SSSR count). The normalized spacial score (nSPS) is 22.6. The summed E-state index contributed by atoms with van der Waals surface area (Å²) in [5, 5.41) is 0. The first-order valence-corrected chi connectivity index (χ1v) is 6.43. The summed E-state index contributed by atoms with van der Waals surface area (Å²) in [6.07, 6.45) is -2.22. The highest BCUT2D eigenvalue weighted by Gasteiger charge is 2.37. The lowest BCUT2D eigenvalue weighted by atomic mass is 9.95. The molecular formula is C13H14F3N3O. The monoisotopic (exact) mass is 285 g/mol. The zero-order chi connectivity index (χ0) is 14.5. The van der Waals surface area contributed by atoms with Crippen LogP contribution in [0.1, 0.15) is 17.5 Å². The SMILES string of the molecule is CN1CC2CCc3cc(C(F)(F)F)cnc3N2CC1=O. The molecule has 1 unspecified atom stereocenters. The topological polar surface area (TPSA) is 36.4 Å². The van der Waals surface area contributed by atoms with Crippen molar-refractivity contribution in [2.75, 3.05) is 25.0 Å². The molecule has 7 heteroatoms. The second kappa shape index (κ2) is 4.36. The second-order valence-electron chi connectivity index (χ2n) is 5.30. The number of pyridine rings is 1. The third kappa shape index (κ3) is 2.10. The Labute approximate surface area is 114 Å². The summed E-state index contributed by atoms with van der Waals surface area (Å²) in [6, 6.07) is 1.30. The average molecular weight is 285 g/mol. The van der Waals surface area contributed by atoms with Gasteiger partial charge in [-0.15, -0.1) is 0 Å². The van der Waals surface area contributed by atoms with Gasteiger partial charge >= 0.3 is 6.18 Å². The van der Waals surface area contributed by atoms with Crippen LogP contribution in [-0.4, -0.2) is 42.0 Å². The van der Waals surface area contributed by atoms with Crippen LogP contribution in [0, 0.1) is 0 Å². The van der Waals surface area contributed by atoms with Crippen LogP contribution in [0.3, 0.4) is 0 Å². The first-order valence-electron chi connectivity index (χ1n) is 6.43. The molecule has 2 aliphatic rings. The smallest absolute Gasteiger partial charge is 0.342 e. The number of fused-ring (bicyclic) bond motifs is 3. The summed E-state index contributed by atoms with van der Waals surface area (Å²) >= 11 is 0. The number of likely N-dealkylation sites (N-methyl/N-ethyl adjacent to an activating group) is 1. The van der Waals surface area contributed by atoms with E-state index in [9.17, 15) is 18.0 Å². The quantitative estimate of drug-likeness (QED) is 0.728. The average Bonchev–Trinajstić information content (AvgIpc) is 2.38. The van der Waals surface area contributed by atoms with Crippen molar-refractivity contribution >= 4 is 11.7 Å². The van der Waals surface area contributed by atoms with Gasteiger partial charge in [-0.3, -0.25) is 4.79 Å². The Balaban J connectivity index is 1.95. The standard InChI is InChI=1S/C13H14F3N3O/c1-18-6-10-3-2-8-4-9(13(14,15)16)5-17-12(8)19(10)7-11(18)20/h4-5,10H,2-3,6-7H2,1H3. The van der Waals surface area contributed by atoms with E-state index in [1.165, 1.54) is 0 Å². The highest BCUT2D eigenvalue weighted by Crippen LogP contribution is 2.35. The molecule has 0 aliphatic carbocycles. The van der Waals surface area contributed by atoms with Gasteiger partial charge in [-0.25, -0.2) is 4.98 Å². The number of rotatable bonds is 0. The van der Waals surface area contributed by atoms with Crippen LogP contribution in [0.2, 0.25) is 0 Å². The molecule has 1 atom stereocenters. The van der Waals surface area contributed by atoms with Crippen molar-refractivity contribution < 1.29 is 18.0 Å². The number of nitrogens with zero attached hydrogens (tertiary/aromatic N) is 3. The van der Waals surface area contributed by atoms with Crippen molar-refractivity contribution in [3.05, 3.63) is 23.4 Å². The number of aryl methyl sites for hydroxylation is 1. The maximum Gasteiger partial charge on any atom is 0.417 e. The Hall–Kier alpha value is -1.79. The Bertz CT molecular complexity index is 558. The van der Waals surface area contributed by atoms with Gasteiger partial charge in [0.1, 0.15) is 5.82 Å². The van der Waals surface area contributed by atoms with Crippen LogP contribution in [0.4, 0.5) is 19.0 Å². The first kappa shape index (κ1) is 13.2. The van der Waals surface area contributed by atoms with Crippen LogP contribution in [0.15, 0.2) is 12.3 Å². The number of carbonyl (C=O) groups excluding carboxylic acids is 1. The molecule has 1 fully saturated rings. The number of anilines is 1. The number of piperazine rings is 1. The summed E-state index contributed by atoms with van der Waals surface area (Å²) in [7, 11) is 1.75. The van der Waals surface area contributed by atoms with Crippen LogP contribution >= 0.6 is 0 Å². The number of alkyl halides is 3. The van der Waals surface area contributed by atoms with Crippen molar-refractivity contribution in [3.8, 4) is 0 Å². The van der Waals surface area contributed by atoms with Gasteiger partial charge in [0, 0.05) is 25.8 Å². The van der Waals surface area contributed by atoms with Crippen molar-refractivity contribution in [3.63, 3.8) is 0 Å². The Morgan fingerprint density at radius 2 is 2.15 bits per heavy atom. The molecule has 0 N–H and O–H groups in total. The molecule has 3 heterocycles. The van der Waals surface area contributed by atoms with E-state index < -0.39 is 11.7 Å². The maximum atomic E-state index is 12.7. The van der Waals surface area contributed by atoms with Gasteiger partial charge in [-0.05, 0) is 24.5 Å². The summed E-state index contributed by atoms with van der Waals surface area (Å²) in [5.74, 6) is 0.492. The Morgan fingerprint density at radius 3 is 2.85 bits per heavy atom. The summed E-state index contributed by atoms with van der Waals surface area (Å²) in [5.41, 5.74) is -0.149. The zero-order valence-electron chi connectivity index (χ0n) is 10.9. The predicted octanol–water partition coefficient (Wildman–Crippen LogP) is 1.69. The van der Waals surface area contributed by atoms with Crippen molar-refractivity contribution in [1.82, 2.24) is 9.88 Å². The van der Waals surface area contributed by atoms with Gasteiger partial charge in [0.2, 0.25) is 5.91 Å². The number of hydrogen-bond donors (Lipinski definition) is 0. The third-order valence-corrected chi connectivity index (χ3v) is 3.95. The third-order valence-electron chi connectivity index (χ3n) is 3.95. The zero-order valence-corrected chi connectivity index (χ0v) is 10.9. The van der Waals surface area contributed by atoms with E-state index in [0.717, 1.165) is 18.7 Å². The van der Waals surface area contributed by atoms with E-state index in [2.05, 4.69) is 4.98 Å². The van der Waals surface area contributed by atoms with E-state index in [-0.39, 0.29) is 18.5 Å². The lowest BCUT2D eigenvalue weighted by molar-refractivity contribution is -0.138. The van der Waals surface area contributed by atoms with Gasteiger partial charge in [0.15, 0.2) is 0 Å². The van der Waals surface area contributed by atoms with Gasteiger partial charge in [0.05, 0.1) is 12.1 Å². The molecule has 0 aromatic carbocycles. The lowest BCUT2D eigenvalue weighted by Gasteiger charge is -2.43. The minimum absolute atomic E-state index is 0.0317. The fourth-order valence-corrected chi connectivity index (χ4v) is 2.83. The molecule has 0 radical (unpaired) electrons. The predicted molar refractivity (Wildman–Crippen MR) is 66.3 cm³/mol. The van der Waals surface area contributed by atoms with Crippen LogP contribution in [0.5, 0.6) is 0 Å². The van der Waals surface area contributed by atoms with Crippen LogP contribution < -0.4 is 4.90 Å². The van der Waals surface area contributed by atoms with Crippen LogP contribution in [0.25, 0.3) is 0 Å². The minimum Gasteiger partial charge on any atom is -0.342 e. The largest absolute Gasteiger partial charge is 0.417 e. The fourth-order valence-electron chi connectivity index (χ4n) is 2.83. The molecule has 0 spiro atoms. The van der Waals surface area contributed by atoms with Crippen molar-refractivity contribution in [1.29, 1.82) is 0 Å². The number of amides is 1. The van der Waals surface area contributed by atoms with Crippen LogP contribution in [-0.2, 0) is 17.4 Å². The molecule has 1 aromatic heterocycles. The fraction of sp³-hybridized carbons (Fsp3) is 0.538. The van der Waals surface area contributed by atoms with Crippen molar-refractivity contribution in [2.45, 2.75) is 25.1 Å². The van der Waals surface area contributed by atoms with Gasteiger partial charge in [-0.1, -0.05) is 0 Å². The van der Waals surface area contributed by atoms with E-state index in [4.69, 9.17) is 0 Å². The molecule has 1 saturated heterocycles.